The summed E-state index contributed by atoms with van der Waals surface area (Å²) in [6.45, 7) is 5.35. The summed E-state index contributed by atoms with van der Waals surface area (Å²) in [4.78, 5) is 29.7. The van der Waals surface area contributed by atoms with Gasteiger partial charge in [0.15, 0.2) is 5.13 Å². The van der Waals surface area contributed by atoms with Crippen LogP contribution in [0.1, 0.15) is 38.8 Å². The van der Waals surface area contributed by atoms with Crippen LogP contribution >= 0.6 is 11.3 Å². The second kappa shape index (κ2) is 10.3. The van der Waals surface area contributed by atoms with E-state index in [4.69, 9.17) is 9.47 Å². The second-order valence-corrected chi connectivity index (χ2v) is 8.46. The molecule has 0 fully saturated rings. The van der Waals surface area contributed by atoms with Crippen molar-refractivity contribution < 1.29 is 19.1 Å². The number of carbonyl (C=O) groups excluding carboxylic acids is 2. The number of benzene rings is 2. The Morgan fingerprint density at radius 3 is 2.42 bits per heavy atom. The molecule has 1 amide bonds. The van der Waals surface area contributed by atoms with Gasteiger partial charge in [0.2, 0.25) is 5.91 Å². The number of hydrogen-bond donors (Lipinski definition) is 2. The zero-order valence-electron chi connectivity index (χ0n) is 18.0. The first kappa shape index (κ1) is 22.6. The largest absolute Gasteiger partial charge is 0.497 e. The molecule has 0 bridgehead atoms. The predicted octanol–water partition coefficient (Wildman–Crippen LogP) is 4.30. The van der Waals surface area contributed by atoms with Crippen LogP contribution in [-0.2, 0) is 14.3 Å². The number of methoxy groups -OCH3 is 1. The molecule has 7 nitrogen and oxygen atoms in total. The number of para-hydroxylation sites is 1. The molecule has 31 heavy (non-hydrogen) atoms. The maximum absolute atomic E-state index is 12.9. The molecule has 0 aliphatic rings. The lowest BCUT2D eigenvalue weighted by Gasteiger charge is -2.22. The Bertz CT molecular complexity index is 1000. The SMILES string of the molecule is COc1ccc(C(CC(=O)OC(C)C)NC(=O)C(C)Nc2nc3ccccc3s2)cc1. The topological polar surface area (TPSA) is 89.5 Å². The van der Waals surface area contributed by atoms with Gasteiger partial charge in [0.05, 0.1) is 35.9 Å². The highest BCUT2D eigenvalue weighted by molar-refractivity contribution is 7.22. The van der Waals surface area contributed by atoms with Gasteiger partial charge in [-0.1, -0.05) is 35.6 Å². The number of nitrogens with one attached hydrogen (secondary N) is 2. The Morgan fingerprint density at radius 2 is 1.77 bits per heavy atom. The van der Waals surface area contributed by atoms with Crippen LogP contribution in [0.25, 0.3) is 10.2 Å². The number of carbonyl (C=O) groups is 2. The van der Waals surface area contributed by atoms with Gasteiger partial charge in [0, 0.05) is 0 Å². The van der Waals surface area contributed by atoms with Gasteiger partial charge in [-0.05, 0) is 50.6 Å². The van der Waals surface area contributed by atoms with Crippen molar-refractivity contribution in [3.05, 3.63) is 54.1 Å². The van der Waals surface area contributed by atoms with Crippen molar-refractivity contribution in [2.24, 2.45) is 0 Å². The van der Waals surface area contributed by atoms with Gasteiger partial charge in [-0.3, -0.25) is 9.59 Å². The quantitative estimate of drug-likeness (QED) is 0.481. The van der Waals surface area contributed by atoms with E-state index in [0.717, 1.165) is 15.8 Å². The Labute approximate surface area is 185 Å². The van der Waals surface area contributed by atoms with Crippen molar-refractivity contribution in [3.8, 4) is 5.75 Å². The Morgan fingerprint density at radius 1 is 1.06 bits per heavy atom. The number of esters is 1. The van der Waals surface area contributed by atoms with Crippen LogP contribution in [0.2, 0.25) is 0 Å². The van der Waals surface area contributed by atoms with Crippen LogP contribution in [0.3, 0.4) is 0 Å². The van der Waals surface area contributed by atoms with Crippen molar-refractivity contribution in [2.45, 2.75) is 45.4 Å². The predicted molar refractivity (Wildman–Crippen MR) is 122 cm³/mol. The van der Waals surface area contributed by atoms with Crippen molar-refractivity contribution >= 4 is 38.6 Å². The average Bonchev–Trinajstić information content (AvgIpc) is 3.15. The number of rotatable bonds is 9. The average molecular weight is 442 g/mol. The summed E-state index contributed by atoms with van der Waals surface area (Å²) < 4.78 is 11.5. The summed E-state index contributed by atoms with van der Waals surface area (Å²) in [6.07, 6.45) is -0.191. The van der Waals surface area contributed by atoms with E-state index in [9.17, 15) is 9.59 Å². The number of aromatic nitrogens is 1. The fraction of sp³-hybridized carbons (Fsp3) is 0.348. The number of thiazole rings is 1. The summed E-state index contributed by atoms with van der Waals surface area (Å²) >= 11 is 1.49. The van der Waals surface area contributed by atoms with Crippen molar-refractivity contribution in [2.75, 3.05) is 12.4 Å². The monoisotopic (exact) mass is 441 g/mol. The number of fused-ring (bicyclic) bond motifs is 1. The molecule has 0 aliphatic heterocycles. The Kier molecular flexibility index (Phi) is 7.46. The highest BCUT2D eigenvalue weighted by atomic mass is 32.1. The zero-order chi connectivity index (χ0) is 22.4. The molecule has 0 spiro atoms. The van der Waals surface area contributed by atoms with E-state index in [0.29, 0.717) is 10.9 Å². The van der Waals surface area contributed by atoms with E-state index >= 15 is 0 Å². The van der Waals surface area contributed by atoms with Gasteiger partial charge < -0.3 is 20.1 Å². The number of ether oxygens (including phenoxy) is 2. The van der Waals surface area contributed by atoms with Crippen LogP contribution in [0, 0.1) is 0 Å². The van der Waals surface area contributed by atoms with Gasteiger partial charge in [-0.25, -0.2) is 4.98 Å². The van der Waals surface area contributed by atoms with Crippen LogP contribution < -0.4 is 15.4 Å². The minimum Gasteiger partial charge on any atom is -0.497 e. The zero-order valence-corrected chi connectivity index (χ0v) is 18.9. The molecule has 3 rings (SSSR count). The molecule has 2 atom stereocenters. The molecule has 0 saturated heterocycles. The van der Waals surface area contributed by atoms with E-state index in [2.05, 4.69) is 15.6 Å². The summed E-state index contributed by atoms with van der Waals surface area (Å²) in [5.41, 5.74) is 1.68. The Balaban J connectivity index is 1.71. The lowest BCUT2D eigenvalue weighted by atomic mass is 10.0. The molecular weight excluding hydrogens is 414 g/mol. The molecule has 1 heterocycles. The number of anilines is 1. The molecule has 0 saturated carbocycles. The Hall–Kier alpha value is -3.13. The lowest BCUT2D eigenvalue weighted by molar-refractivity contribution is -0.148. The van der Waals surface area contributed by atoms with Crippen LogP contribution in [0.15, 0.2) is 48.5 Å². The molecule has 0 aliphatic carbocycles. The van der Waals surface area contributed by atoms with Gasteiger partial charge in [-0.2, -0.15) is 0 Å². The smallest absolute Gasteiger partial charge is 0.308 e. The van der Waals surface area contributed by atoms with Gasteiger partial charge >= 0.3 is 5.97 Å². The second-order valence-electron chi connectivity index (χ2n) is 7.43. The van der Waals surface area contributed by atoms with Crippen LogP contribution in [0.4, 0.5) is 5.13 Å². The van der Waals surface area contributed by atoms with E-state index < -0.39 is 12.1 Å². The molecule has 3 aromatic rings. The highest BCUT2D eigenvalue weighted by Crippen LogP contribution is 2.26. The van der Waals surface area contributed by atoms with E-state index in [1.807, 2.05) is 36.4 Å². The summed E-state index contributed by atoms with van der Waals surface area (Å²) in [5, 5.41) is 6.78. The molecule has 8 heteroatoms. The first-order chi connectivity index (χ1) is 14.9. The van der Waals surface area contributed by atoms with Crippen molar-refractivity contribution in [1.29, 1.82) is 0 Å². The minimum atomic E-state index is -0.539. The molecule has 2 N–H and O–H groups in total. The van der Waals surface area contributed by atoms with E-state index in [1.165, 1.54) is 11.3 Å². The molecule has 2 unspecified atom stereocenters. The lowest BCUT2D eigenvalue weighted by Crippen LogP contribution is -2.40. The van der Waals surface area contributed by atoms with Crippen LogP contribution in [-0.4, -0.2) is 36.1 Å². The van der Waals surface area contributed by atoms with Crippen molar-refractivity contribution in [3.63, 3.8) is 0 Å². The fourth-order valence-electron chi connectivity index (χ4n) is 3.05. The molecule has 0 radical (unpaired) electrons. The summed E-state index contributed by atoms with van der Waals surface area (Å²) in [6, 6.07) is 14.0. The number of amides is 1. The molecule has 2 aromatic carbocycles. The third-order valence-corrected chi connectivity index (χ3v) is 5.57. The van der Waals surface area contributed by atoms with Gasteiger partial charge in [-0.15, -0.1) is 0 Å². The first-order valence-corrected chi connectivity index (χ1v) is 10.9. The third kappa shape index (κ3) is 6.18. The third-order valence-electron chi connectivity index (χ3n) is 4.60. The van der Waals surface area contributed by atoms with E-state index in [1.54, 1.807) is 40.0 Å². The normalized spacial score (nSPS) is 12.9. The summed E-state index contributed by atoms with van der Waals surface area (Å²) in [5.74, 6) is 0.0878. The van der Waals surface area contributed by atoms with Gasteiger partial charge in [0.25, 0.3) is 0 Å². The number of hydrogen-bond acceptors (Lipinski definition) is 7. The fourth-order valence-corrected chi connectivity index (χ4v) is 4.00. The molecule has 164 valence electrons. The van der Waals surface area contributed by atoms with Crippen LogP contribution in [0.5, 0.6) is 5.75 Å². The first-order valence-electron chi connectivity index (χ1n) is 10.1. The standard InChI is InChI=1S/C23H27N3O4S/c1-14(2)30-21(27)13-19(16-9-11-17(29-4)12-10-16)25-22(28)15(3)24-23-26-18-7-5-6-8-20(18)31-23/h5-12,14-15,19H,13H2,1-4H3,(H,24,26)(H,25,28). The summed E-state index contributed by atoms with van der Waals surface area (Å²) in [7, 11) is 1.59. The van der Waals surface area contributed by atoms with Gasteiger partial charge in [0.1, 0.15) is 11.8 Å². The van der Waals surface area contributed by atoms with E-state index in [-0.39, 0.29) is 24.4 Å². The molecule has 1 aromatic heterocycles. The van der Waals surface area contributed by atoms with Crippen molar-refractivity contribution in [1.82, 2.24) is 10.3 Å². The maximum atomic E-state index is 12.9. The highest BCUT2D eigenvalue weighted by Gasteiger charge is 2.23. The minimum absolute atomic E-state index is 0.0319. The molecular formula is C23H27N3O4S. The number of nitrogens with zero attached hydrogens (tertiary/aromatic N) is 1. The maximum Gasteiger partial charge on any atom is 0.308 e.